The van der Waals surface area contributed by atoms with Crippen molar-refractivity contribution in [3.8, 4) is 0 Å². The van der Waals surface area contributed by atoms with Crippen LogP contribution in [0.5, 0.6) is 0 Å². The molecule has 1 heterocycles. The van der Waals surface area contributed by atoms with E-state index >= 15 is 0 Å². The van der Waals surface area contributed by atoms with E-state index in [-0.39, 0.29) is 29.9 Å². The lowest BCUT2D eigenvalue weighted by atomic mass is 9.79. The molecule has 7 heteroatoms. The van der Waals surface area contributed by atoms with Gasteiger partial charge in [0.05, 0.1) is 16.9 Å². The van der Waals surface area contributed by atoms with Crippen molar-refractivity contribution in [3.05, 3.63) is 0 Å². The lowest BCUT2D eigenvalue weighted by Gasteiger charge is -2.26. The number of carbonyl (C=O) groups excluding carboxylic acids is 1. The Hall–Kier alpha value is -1.11. The van der Waals surface area contributed by atoms with Gasteiger partial charge in [0.1, 0.15) is 0 Å². The maximum Gasteiger partial charge on any atom is 0.310 e. The maximum absolute atomic E-state index is 11.9. The van der Waals surface area contributed by atoms with E-state index in [0.717, 1.165) is 0 Å². The fourth-order valence-corrected chi connectivity index (χ4v) is 4.05. The zero-order chi connectivity index (χ0) is 14.7. The molecule has 1 amide bonds. The van der Waals surface area contributed by atoms with Gasteiger partial charge in [-0.25, -0.2) is 8.42 Å². The summed E-state index contributed by atoms with van der Waals surface area (Å²) in [6.07, 6.45) is 1.04. The molecule has 2 N–H and O–H groups in total. The van der Waals surface area contributed by atoms with Gasteiger partial charge in [0.25, 0.3) is 0 Å². The highest BCUT2D eigenvalue weighted by Gasteiger charge is 2.38. The molecule has 0 radical (unpaired) electrons. The van der Waals surface area contributed by atoms with Crippen molar-refractivity contribution in [1.82, 2.24) is 5.32 Å². The molecular formula is C12H21NO5S. The van der Waals surface area contributed by atoms with Crippen molar-refractivity contribution in [1.29, 1.82) is 0 Å². The largest absolute Gasteiger partial charge is 0.481 e. The van der Waals surface area contributed by atoms with E-state index in [2.05, 4.69) is 5.32 Å². The lowest BCUT2D eigenvalue weighted by molar-refractivity contribution is -0.152. The van der Waals surface area contributed by atoms with Crippen molar-refractivity contribution < 1.29 is 23.1 Å². The maximum atomic E-state index is 11.9. The van der Waals surface area contributed by atoms with Gasteiger partial charge in [0.2, 0.25) is 5.91 Å². The number of carboxylic acid groups (broad SMARTS) is 1. The molecule has 0 saturated carbocycles. The third-order valence-corrected chi connectivity index (χ3v) is 5.67. The smallest absolute Gasteiger partial charge is 0.310 e. The van der Waals surface area contributed by atoms with Crippen molar-refractivity contribution in [2.24, 2.45) is 5.41 Å². The number of carboxylic acids is 1. The fourth-order valence-electron chi connectivity index (χ4n) is 2.37. The van der Waals surface area contributed by atoms with Crippen LogP contribution in [-0.2, 0) is 19.4 Å². The van der Waals surface area contributed by atoms with E-state index in [1.54, 1.807) is 13.8 Å². The zero-order valence-corrected chi connectivity index (χ0v) is 12.1. The Morgan fingerprint density at radius 1 is 1.32 bits per heavy atom. The van der Waals surface area contributed by atoms with Gasteiger partial charge in [-0.15, -0.1) is 0 Å². The minimum atomic E-state index is -3.04. The second kappa shape index (κ2) is 5.90. The minimum Gasteiger partial charge on any atom is -0.481 e. The first-order valence-electron chi connectivity index (χ1n) is 6.48. The molecule has 6 nitrogen and oxygen atoms in total. The van der Waals surface area contributed by atoms with Gasteiger partial charge in [-0.2, -0.15) is 0 Å². The summed E-state index contributed by atoms with van der Waals surface area (Å²) in [6.45, 7) is 3.48. The third-order valence-electron chi connectivity index (χ3n) is 3.90. The van der Waals surface area contributed by atoms with E-state index in [9.17, 15) is 23.1 Å². The number of carbonyl (C=O) groups is 2. The molecule has 0 bridgehead atoms. The minimum absolute atomic E-state index is 0.0446. The Bertz CT molecular complexity index is 453. The second-order valence-electron chi connectivity index (χ2n) is 5.14. The molecule has 0 spiro atoms. The van der Waals surface area contributed by atoms with Gasteiger partial charge in [-0.05, 0) is 19.3 Å². The third kappa shape index (κ3) is 3.92. The molecule has 1 unspecified atom stereocenters. The molecule has 1 aliphatic heterocycles. The SMILES string of the molecule is CCC(CC)(CC(=O)NC1CCS(=O)(=O)C1)C(=O)O. The molecule has 0 aromatic carbocycles. The highest BCUT2D eigenvalue weighted by Crippen LogP contribution is 2.31. The summed E-state index contributed by atoms with van der Waals surface area (Å²) in [7, 11) is -3.04. The molecular weight excluding hydrogens is 270 g/mol. The number of amides is 1. The highest BCUT2D eigenvalue weighted by atomic mass is 32.2. The highest BCUT2D eigenvalue weighted by molar-refractivity contribution is 7.91. The van der Waals surface area contributed by atoms with Crippen molar-refractivity contribution in [3.63, 3.8) is 0 Å². The summed E-state index contributed by atoms with van der Waals surface area (Å²) in [6, 6.07) is -0.377. The molecule has 1 atom stereocenters. The molecule has 110 valence electrons. The molecule has 0 aromatic rings. The van der Waals surface area contributed by atoms with Crippen LogP contribution in [0.25, 0.3) is 0 Å². The lowest BCUT2D eigenvalue weighted by Crippen LogP contribution is -2.41. The summed E-state index contributed by atoms with van der Waals surface area (Å²) < 4.78 is 22.6. The average Bonchev–Trinajstić information content (AvgIpc) is 2.65. The van der Waals surface area contributed by atoms with Crippen molar-refractivity contribution in [2.45, 2.75) is 45.6 Å². The molecule has 0 aromatic heterocycles. The van der Waals surface area contributed by atoms with E-state index in [1.807, 2.05) is 0 Å². The summed E-state index contributed by atoms with van der Waals surface area (Å²) in [5, 5.41) is 11.9. The second-order valence-corrected chi connectivity index (χ2v) is 7.37. The van der Waals surface area contributed by atoms with Gasteiger partial charge >= 0.3 is 5.97 Å². The number of nitrogens with one attached hydrogen (secondary N) is 1. The van der Waals surface area contributed by atoms with Gasteiger partial charge < -0.3 is 10.4 Å². The number of sulfone groups is 1. The number of hydrogen-bond donors (Lipinski definition) is 2. The molecule has 1 aliphatic rings. The van der Waals surface area contributed by atoms with Crippen LogP contribution in [0, 0.1) is 5.41 Å². The van der Waals surface area contributed by atoms with E-state index in [4.69, 9.17) is 0 Å². The van der Waals surface area contributed by atoms with Gasteiger partial charge in [0.15, 0.2) is 9.84 Å². The summed E-state index contributed by atoms with van der Waals surface area (Å²) >= 11 is 0. The van der Waals surface area contributed by atoms with E-state index < -0.39 is 21.2 Å². The Balaban J connectivity index is 2.62. The standard InChI is InChI=1S/C12H21NO5S/c1-3-12(4-2,11(15)16)7-10(14)13-9-5-6-19(17,18)8-9/h9H,3-8H2,1-2H3,(H,13,14)(H,15,16). The van der Waals surface area contributed by atoms with Crippen LogP contribution in [0.3, 0.4) is 0 Å². The Morgan fingerprint density at radius 3 is 2.26 bits per heavy atom. The summed E-state index contributed by atoms with van der Waals surface area (Å²) in [4.78, 5) is 23.2. The summed E-state index contributed by atoms with van der Waals surface area (Å²) in [5.74, 6) is -1.32. The molecule has 1 rings (SSSR count). The first kappa shape index (κ1) is 15.9. The van der Waals surface area contributed by atoms with Crippen LogP contribution in [0.15, 0.2) is 0 Å². The van der Waals surface area contributed by atoms with Gasteiger partial charge in [0, 0.05) is 12.5 Å². The summed E-state index contributed by atoms with van der Waals surface area (Å²) in [5.41, 5.74) is -1.05. The van der Waals surface area contributed by atoms with Crippen LogP contribution >= 0.6 is 0 Å². The molecule has 1 fully saturated rings. The number of aliphatic carboxylic acids is 1. The quantitative estimate of drug-likeness (QED) is 0.745. The van der Waals surface area contributed by atoms with Crippen LogP contribution in [0.1, 0.15) is 39.5 Å². The Kier molecular flexibility index (Phi) is 4.95. The van der Waals surface area contributed by atoms with Crippen molar-refractivity contribution >= 4 is 21.7 Å². The normalized spacial score (nSPS) is 22.1. The Labute approximate surface area is 113 Å². The van der Waals surface area contributed by atoms with Crippen LogP contribution in [0.2, 0.25) is 0 Å². The predicted molar refractivity (Wildman–Crippen MR) is 70.5 cm³/mol. The predicted octanol–water partition coefficient (Wildman–Crippen LogP) is 0.571. The Morgan fingerprint density at radius 2 is 1.89 bits per heavy atom. The van der Waals surface area contributed by atoms with Crippen LogP contribution in [0.4, 0.5) is 0 Å². The fraction of sp³-hybridized carbons (Fsp3) is 0.833. The van der Waals surface area contributed by atoms with Crippen LogP contribution in [-0.4, -0.2) is 42.9 Å². The number of hydrogen-bond acceptors (Lipinski definition) is 4. The first-order valence-corrected chi connectivity index (χ1v) is 8.30. The number of rotatable bonds is 6. The van der Waals surface area contributed by atoms with Crippen LogP contribution < -0.4 is 5.32 Å². The molecule has 19 heavy (non-hydrogen) atoms. The molecule has 1 saturated heterocycles. The monoisotopic (exact) mass is 291 g/mol. The van der Waals surface area contributed by atoms with Gasteiger partial charge in [-0.3, -0.25) is 9.59 Å². The zero-order valence-electron chi connectivity index (χ0n) is 11.3. The van der Waals surface area contributed by atoms with Crippen molar-refractivity contribution in [2.75, 3.05) is 11.5 Å². The van der Waals surface area contributed by atoms with E-state index in [0.29, 0.717) is 19.3 Å². The van der Waals surface area contributed by atoms with E-state index in [1.165, 1.54) is 0 Å². The first-order chi connectivity index (χ1) is 8.74. The topological polar surface area (TPSA) is 101 Å². The average molecular weight is 291 g/mol. The van der Waals surface area contributed by atoms with Gasteiger partial charge in [-0.1, -0.05) is 13.8 Å². The molecule has 0 aliphatic carbocycles.